The molecule has 0 radical (unpaired) electrons. The van der Waals surface area contributed by atoms with Crippen LogP contribution < -0.4 is 29.6 Å². The molecule has 0 saturated carbocycles. The van der Waals surface area contributed by atoms with Gasteiger partial charge in [-0.05, 0) is 82.6 Å². The van der Waals surface area contributed by atoms with Gasteiger partial charge in [-0.25, -0.2) is 9.59 Å². The molecule has 0 fully saturated rings. The van der Waals surface area contributed by atoms with Crippen molar-refractivity contribution in [3.05, 3.63) is 169 Å². The van der Waals surface area contributed by atoms with Gasteiger partial charge in [-0.1, -0.05) is 97.1 Å². The van der Waals surface area contributed by atoms with Crippen molar-refractivity contribution in [2.24, 2.45) is 0 Å². The Hall–Kier alpha value is -6.90. The largest absolute Gasteiger partial charge is 0.379 e. The van der Waals surface area contributed by atoms with Crippen molar-refractivity contribution in [1.29, 1.82) is 0 Å². The highest BCUT2D eigenvalue weighted by Gasteiger charge is 2.21. The number of amides is 4. The predicted octanol–water partition coefficient (Wildman–Crippen LogP) is 8.17. The molecular formula is C42H34N4O8S2. The van der Waals surface area contributed by atoms with Crippen LogP contribution in [0.1, 0.15) is 11.1 Å². The van der Waals surface area contributed by atoms with Crippen molar-refractivity contribution in [1.82, 2.24) is 10.6 Å². The number of hydrogen-bond donors (Lipinski definition) is 4. The van der Waals surface area contributed by atoms with Crippen LogP contribution in [-0.2, 0) is 33.3 Å². The van der Waals surface area contributed by atoms with Crippen LogP contribution in [-0.4, -0.2) is 28.9 Å². The number of anilines is 2. The standard InChI is InChI=1S/C42H34N4O8S2/c47-41(45-33-18-22-35(23-19-33)53-55(49,50)39-16-6-12-31-10-1-3-14-37(31)39)43-27-29-8-5-9-30(26-29)28-44-42(48)46-34-20-24-36(25-21-34)54-56(51,52)40-17-7-13-32-11-2-4-15-38(32)40/h1-26H,27-28H2,(H2,43,45,47)(H2,44,46,48). The molecule has 0 bridgehead atoms. The minimum Gasteiger partial charge on any atom is -0.379 e. The molecule has 0 aliphatic heterocycles. The number of fused-ring (bicyclic) bond motifs is 2. The smallest absolute Gasteiger partial charge is 0.339 e. The minimum atomic E-state index is -4.11. The van der Waals surface area contributed by atoms with Crippen molar-refractivity contribution in [2.75, 3.05) is 10.6 Å². The highest BCUT2D eigenvalue weighted by atomic mass is 32.2. The highest BCUT2D eigenvalue weighted by Crippen LogP contribution is 2.28. The third kappa shape index (κ3) is 9.06. The maximum atomic E-state index is 13.0. The van der Waals surface area contributed by atoms with E-state index in [4.69, 9.17) is 8.37 Å². The number of hydrogen-bond acceptors (Lipinski definition) is 8. The van der Waals surface area contributed by atoms with E-state index in [0.717, 1.165) is 21.9 Å². The summed E-state index contributed by atoms with van der Waals surface area (Å²) in [6, 6.07) is 42.5. The molecule has 56 heavy (non-hydrogen) atoms. The number of carbonyl (C=O) groups is 2. The van der Waals surface area contributed by atoms with Crippen LogP contribution in [0.5, 0.6) is 11.5 Å². The van der Waals surface area contributed by atoms with E-state index < -0.39 is 32.3 Å². The van der Waals surface area contributed by atoms with E-state index in [-0.39, 0.29) is 34.4 Å². The lowest BCUT2D eigenvalue weighted by atomic mass is 10.1. The average Bonchev–Trinajstić information content (AvgIpc) is 3.20. The fourth-order valence-corrected chi connectivity index (χ4v) is 8.23. The lowest BCUT2D eigenvalue weighted by molar-refractivity contribution is 0.251. The number of nitrogens with one attached hydrogen (secondary N) is 4. The molecule has 7 aromatic carbocycles. The maximum Gasteiger partial charge on any atom is 0.339 e. The second-order valence-electron chi connectivity index (χ2n) is 12.5. The van der Waals surface area contributed by atoms with E-state index in [2.05, 4.69) is 21.3 Å². The third-order valence-electron chi connectivity index (χ3n) is 8.57. The Kier molecular flexibility index (Phi) is 10.8. The van der Waals surface area contributed by atoms with Gasteiger partial charge in [-0.15, -0.1) is 0 Å². The van der Waals surface area contributed by atoms with Crippen molar-refractivity contribution in [3.63, 3.8) is 0 Å². The van der Waals surface area contributed by atoms with E-state index in [9.17, 15) is 26.4 Å². The van der Waals surface area contributed by atoms with E-state index in [1.54, 1.807) is 42.5 Å². The first-order chi connectivity index (χ1) is 27.0. The van der Waals surface area contributed by atoms with Gasteiger partial charge in [-0.3, -0.25) is 0 Å². The number of urea groups is 2. The fraction of sp³-hybridized carbons (Fsp3) is 0.0476. The van der Waals surface area contributed by atoms with Crippen LogP contribution in [0, 0.1) is 0 Å². The van der Waals surface area contributed by atoms with E-state index in [1.165, 1.54) is 60.7 Å². The Balaban J connectivity index is 0.862. The summed E-state index contributed by atoms with van der Waals surface area (Å²) in [6.07, 6.45) is 0. The molecule has 0 heterocycles. The molecule has 0 aliphatic carbocycles. The molecule has 0 atom stereocenters. The summed E-state index contributed by atoms with van der Waals surface area (Å²) in [4.78, 5) is 25.4. The summed E-state index contributed by atoms with van der Waals surface area (Å²) < 4.78 is 62.9. The first-order valence-corrected chi connectivity index (χ1v) is 20.1. The normalized spacial score (nSPS) is 11.4. The predicted molar refractivity (Wildman–Crippen MR) is 215 cm³/mol. The molecule has 0 aliphatic rings. The first kappa shape index (κ1) is 37.4. The van der Waals surface area contributed by atoms with Crippen molar-refractivity contribution < 1.29 is 34.8 Å². The Morgan fingerprint density at radius 1 is 0.446 bits per heavy atom. The molecular weight excluding hydrogens is 753 g/mol. The average molecular weight is 787 g/mol. The minimum absolute atomic E-state index is 0.0594. The van der Waals surface area contributed by atoms with Gasteiger partial charge >= 0.3 is 32.3 Å². The Labute approximate surface area is 323 Å². The molecule has 14 heteroatoms. The van der Waals surface area contributed by atoms with Gasteiger partial charge in [-0.2, -0.15) is 16.8 Å². The topological polar surface area (TPSA) is 169 Å². The third-order valence-corrected chi connectivity index (χ3v) is 11.2. The van der Waals surface area contributed by atoms with Gasteiger partial charge in [0.1, 0.15) is 21.3 Å². The molecule has 12 nitrogen and oxygen atoms in total. The zero-order valence-electron chi connectivity index (χ0n) is 29.5. The second-order valence-corrected chi connectivity index (χ2v) is 15.5. The summed E-state index contributed by atoms with van der Waals surface area (Å²) in [6.45, 7) is 0.391. The van der Waals surface area contributed by atoms with E-state index >= 15 is 0 Å². The SMILES string of the molecule is O=C(NCc1cccc(CNC(=O)Nc2ccc(OS(=O)(=O)c3cccc4ccccc34)cc2)c1)Nc1ccc(OS(=O)(=O)c2cccc3ccccc23)cc1. The van der Waals surface area contributed by atoms with Gasteiger partial charge in [0.15, 0.2) is 0 Å². The van der Waals surface area contributed by atoms with Crippen LogP contribution in [0.4, 0.5) is 21.0 Å². The summed E-state index contributed by atoms with van der Waals surface area (Å²) in [7, 11) is -8.22. The van der Waals surface area contributed by atoms with Crippen molar-refractivity contribution in [3.8, 4) is 11.5 Å². The quantitative estimate of drug-likeness (QED) is 0.0900. The summed E-state index contributed by atoms with van der Waals surface area (Å²) in [5.74, 6) is 0.188. The van der Waals surface area contributed by atoms with Crippen LogP contribution in [0.25, 0.3) is 21.5 Å². The number of carbonyl (C=O) groups excluding carboxylic acids is 2. The Morgan fingerprint density at radius 2 is 0.821 bits per heavy atom. The van der Waals surface area contributed by atoms with Gasteiger partial charge in [0.05, 0.1) is 0 Å². The van der Waals surface area contributed by atoms with Gasteiger partial charge < -0.3 is 29.6 Å². The number of benzene rings is 7. The summed E-state index contributed by atoms with van der Waals surface area (Å²) in [5.41, 5.74) is 2.43. The lowest BCUT2D eigenvalue weighted by Crippen LogP contribution is -2.29. The molecule has 4 N–H and O–H groups in total. The lowest BCUT2D eigenvalue weighted by Gasteiger charge is -2.12. The Bertz CT molecular complexity index is 2580. The first-order valence-electron chi connectivity index (χ1n) is 17.2. The van der Waals surface area contributed by atoms with Crippen molar-refractivity contribution in [2.45, 2.75) is 22.9 Å². The van der Waals surface area contributed by atoms with Crippen molar-refractivity contribution >= 4 is 65.2 Å². The molecule has 0 spiro atoms. The van der Waals surface area contributed by atoms with Crippen LogP contribution in [0.15, 0.2) is 168 Å². The molecule has 0 saturated heterocycles. The number of rotatable bonds is 12. The molecule has 0 unspecified atom stereocenters. The van der Waals surface area contributed by atoms with E-state index in [0.29, 0.717) is 22.1 Å². The van der Waals surface area contributed by atoms with Crippen LogP contribution in [0.2, 0.25) is 0 Å². The van der Waals surface area contributed by atoms with Gasteiger partial charge in [0.2, 0.25) is 0 Å². The molecule has 0 aromatic heterocycles. The van der Waals surface area contributed by atoms with Crippen LogP contribution >= 0.6 is 0 Å². The second kappa shape index (κ2) is 16.2. The van der Waals surface area contributed by atoms with Gasteiger partial charge in [0.25, 0.3) is 0 Å². The maximum absolute atomic E-state index is 13.0. The van der Waals surface area contributed by atoms with Gasteiger partial charge in [0, 0.05) is 35.2 Å². The molecule has 7 rings (SSSR count). The molecule has 7 aromatic rings. The zero-order chi connectivity index (χ0) is 39.1. The highest BCUT2D eigenvalue weighted by molar-refractivity contribution is 7.87. The van der Waals surface area contributed by atoms with Crippen LogP contribution in [0.3, 0.4) is 0 Å². The monoisotopic (exact) mass is 786 g/mol. The molecule has 282 valence electrons. The fourth-order valence-electron chi connectivity index (χ4n) is 5.92. The summed E-state index contributed by atoms with van der Waals surface area (Å²) >= 11 is 0. The summed E-state index contributed by atoms with van der Waals surface area (Å²) in [5, 5.41) is 13.6. The van der Waals surface area contributed by atoms with E-state index in [1.807, 2.05) is 54.6 Å². The molecule has 4 amide bonds. The Morgan fingerprint density at radius 3 is 1.25 bits per heavy atom. The zero-order valence-corrected chi connectivity index (χ0v) is 31.1.